The van der Waals surface area contributed by atoms with Gasteiger partial charge in [-0.05, 0) is 57.4 Å². The zero-order valence-corrected chi connectivity index (χ0v) is 18.8. The number of carbonyl (C=O) groups excluding carboxylic acids is 1. The van der Waals surface area contributed by atoms with E-state index in [1.54, 1.807) is 6.08 Å². The number of aliphatic hydroxyl groups excluding tert-OH is 3. The zero-order chi connectivity index (χ0) is 22.6. The lowest BCUT2D eigenvalue weighted by Crippen LogP contribution is -2.20. The van der Waals surface area contributed by atoms with E-state index in [1.807, 2.05) is 62.4 Å². The van der Waals surface area contributed by atoms with Crippen LogP contribution in [0.2, 0.25) is 0 Å². The summed E-state index contributed by atoms with van der Waals surface area (Å²) in [4.78, 5) is 11.5. The van der Waals surface area contributed by atoms with Crippen LogP contribution < -0.4 is 0 Å². The summed E-state index contributed by atoms with van der Waals surface area (Å²) in [6.45, 7) is 3.68. The molecule has 0 saturated heterocycles. The molecular formula is C26H38O5. The molecule has 5 atom stereocenters. The number of rotatable bonds is 12. The van der Waals surface area contributed by atoms with E-state index >= 15 is 0 Å². The smallest absolute Gasteiger partial charge is 0.306 e. The highest BCUT2D eigenvalue weighted by atomic mass is 16.5. The van der Waals surface area contributed by atoms with Gasteiger partial charge in [0.05, 0.1) is 24.4 Å². The van der Waals surface area contributed by atoms with Crippen LogP contribution in [0.25, 0.3) is 0 Å². The topological polar surface area (TPSA) is 87.0 Å². The van der Waals surface area contributed by atoms with E-state index in [4.69, 9.17) is 4.74 Å². The molecule has 1 saturated carbocycles. The summed E-state index contributed by atoms with van der Waals surface area (Å²) in [6, 6.07) is 10.0. The van der Waals surface area contributed by atoms with Crippen molar-refractivity contribution in [3.05, 3.63) is 60.2 Å². The Morgan fingerprint density at radius 3 is 2.61 bits per heavy atom. The highest BCUT2D eigenvalue weighted by Gasteiger charge is 2.39. The Labute approximate surface area is 186 Å². The Morgan fingerprint density at radius 2 is 1.90 bits per heavy atom. The largest absolute Gasteiger partial charge is 0.463 e. The molecule has 0 spiro atoms. The maximum Gasteiger partial charge on any atom is 0.306 e. The Balaban J connectivity index is 1.77. The highest BCUT2D eigenvalue weighted by Crippen LogP contribution is 2.36. The first-order valence-electron chi connectivity index (χ1n) is 11.5. The highest BCUT2D eigenvalue weighted by molar-refractivity contribution is 5.69. The predicted octanol–water partition coefficient (Wildman–Crippen LogP) is 3.96. The first kappa shape index (κ1) is 25.3. The molecule has 0 aromatic heterocycles. The SMILES string of the molecule is CC(C)OC(=O)CCCC=CCC1[C@@H](C=CC(O)CCc2ccccc2)C(O)C[C@@H]1O. The molecule has 3 unspecified atom stereocenters. The lowest BCUT2D eigenvalue weighted by atomic mass is 9.89. The number of allylic oxidation sites excluding steroid dienone is 2. The third-order valence-electron chi connectivity index (χ3n) is 5.74. The predicted molar refractivity (Wildman–Crippen MR) is 122 cm³/mol. The molecule has 5 nitrogen and oxygen atoms in total. The van der Waals surface area contributed by atoms with Gasteiger partial charge in [0.25, 0.3) is 0 Å². The van der Waals surface area contributed by atoms with Gasteiger partial charge in [-0.25, -0.2) is 0 Å². The molecule has 5 heteroatoms. The summed E-state index contributed by atoms with van der Waals surface area (Å²) in [5.74, 6) is -0.421. The molecule has 0 radical (unpaired) electrons. The molecule has 0 amide bonds. The van der Waals surface area contributed by atoms with Crippen LogP contribution >= 0.6 is 0 Å². The molecule has 1 aliphatic carbocycles. The standard InChI is InChI=1S/C26H38O5/c1-19(2)31-26(30)13-9-4-3-8-12-22-23(25(29)18-24(22)28)17-16-21(27)15-14-20-10-6-5-7-11-20/h3,5-8,10-11,16-17,19,21-25,27-29H,4,9,12-15,18H2,1-2H3/t21?,22?,23-,24+,25?/m1/s1. The molecule has 172 valence electrons. The van der Waals surface area contributed by atoms with Crippen molar-refractivity contribution in [2.45, 2.75) is 83.2 Å². The lowest BCUT2D eigenvalue weighted by Gasteiger charge is -2.19. The number of aryl methyl sites for hydroxylation is 1. The zero-order valence-electron chi connectivity index (χ0n) is 18.8. The van der Waals surface area contributed by atoms with Crippen LogP contribution in [0, 0.1) is 11.8 Å². The number of benzene rings is 1. The Hall–Kier alpha value is -1.95. The third kappa shape index (κ3) is 9.38. The second-order valence-electron chi connectivity index (χ2n) is 8.73. The number of unbranched alkanes of at least 4 members (excludes halogenated alkanes) is 1. The Bertz CT molecular complexity index is 697. The number of hydrogen-bond donors (Lipinski definition) is 3. The van der Waals surface area contributed by atoms with Crippen LogP contribution in [0.3, 0.4) is 0 Å². The molecule has 3 N–H and O–H groups in total. The minimum Gasteiger partial charge on any atom is -0.463 e. The second kappa shape index (κ2) is 13.5. The van der Waals surface area contributed by atoms with Gasteiger partial charge in [0.1, 0.15) is 0 Å². The van der Waals surface area contributed by atoms with Gasteiger partial charge >= 0.3 is 5.97 Å². The molecule has 1 aliphatic rings. The van der Waals surface area contributed by atoms with Gasteiger partial charge in [-0.1, -0.05) is 54.6 Å². The minimum atomic E-state index is -0.600. The molecule has 1 aromatic rings. The van der Waals surface area contributed by atoms with E-state index in [9.17, 15) is 20.1 Å². The van der Waals surface area contributed by atoms with Crippen molar-refractivity contribution >= 4 is 5.97 Å². The van der Waals surface area contributed by atoms with Crippen LogP contribution in [0.1, 0.15) is 57.9 Å². The van der Waals surface area contributed by atoms with E-state index in [2.05, 4.69) is 0 Å². The summed E-state index contributed by atoms with van der Waals surface area (Å²) in [5.41, 5.74) is 1.19. The average molecular weight is 431 g/mol. The number of carbonyl (C=O) groups is 1. The molecule has 1 aromatic carbocycles. The summed E-state index contributed by atoms with van der Waals surface area (Å²) < 4.78 is 5.11. The van der Waals surface area contributed by atoms with E-state index in [-0.39, 0.29) is 23.9 Å². The molecule has 2 rings (SSSR count). The molecular weight excluding hydrogens is 392 g/mol. The van der Waals surface area contributed by atoms with Crippen molar-refractivity contribution in [1.82, 2.24) is 0 Å². The molecule has 0 aliphatic heterocycles. The third-order valence-corrected chi connectivity index (χ3v) is 5.74. The molecule has 0 bridgehead atoms. The quantitative estimate of drug-likeness (QED) is 0.265. The van der Waals surface area contributed by atoms with Crippen molar-refractivity contribution in [2.75, 3.05) is 0 Å². The van der Waals surface area contributed by atoms with Crippen molar-refractivity contribution in [1.29, 1.82) is 0 Å². The van der Waals surface area contributed by atoms with Crippen LogP contribution in [0.5, 0.6) is 0 Å². The second-order valence-corrected chi connectivity index (χ2v) is 8.73. The average Bonchev–Trinajstić information content (AvgIpc) is 3.00. The molecule has 31 heavy (non-hydrogen) atoms. The van der Waals surface area contributed by atoms with Crippen molar-refractivity contribution in [3.63, 3.8) is 0 Å². The Kier molecular flexibility index (Phi) is 11.0. The van der Waals surface area contributed by atoms with Crippen molar-refractivity contribution in [2.24, 2.45) is 11.8 Å². The van der Waals surface area contributed by atoms with Gasteiger partial charge in [-0.2, -0.15) is 0 Å². The van der Waals surface area contributed by atoms with Crippen LogP contribution in [0.4, 0.5) is 0 Å². The van der Waals surface area contributed by atoms with E-state index < -0.39 is 18.3 Å². The summed E-state index contributed by atoms with van der Waals surface area (Å²) in [7, 11) is 0. The normalized spacial score (nSPS) is 25.0. The van der Waals surface area contributed by atoms with E-state index in [0.29, 0.717) is 25.7 Å². The van der Waals surface area contributed by atoms with Gasteiger partial charge in [-0.15, -0.1) is 0 Å². The van der Waals surface area contributed by atoms with E-state index in [0.717, 1.165) is 19.3 Å². The Morgan fingerprint density at radius 1 is 1.16 bits per heavy atom. The summed E-state index contributed by atoms with van der Waals surface area (Å²) >= 11 is 0. The molecule has 1 fully saturated rings. The first-order chi connectivity index (χ1) is 14.9. The fraction of sp³-hybridized carbons (Fsp3) is 0.577. The number of ether oxygens (including phenoxy) is 1. The van der Waals surface area contributed by atoms with Crippen LogP contribution in [-0.4, -0.2) is 45.7 Å². The summed E-state index contributed by atoms with van der Waals surface area (Å²) in [6.07, 6.45) is 10.2. The van der Waals surface area contributed by atoms with Crippen molar-refractivity contribution < 1.29 is 24.9 Å². The monoisotopic (exact) mass is 430 g/mol. The fourth-order valence-corrected chi connectivity index (χ4v) is 4.08. The minimum absolute atomic E-state index is 0.0743. The van der Waals surface area contributed by atoms with Crippen molar-refractivity contribution in [3.8, 4) is 0 Å². The summed E-state index contributed by atoms with van der Waals surface area (Å²) in [5, 5.41) is 31.0. The maximum atomic E-state index is 11.5. The number of hydrogen-bond acceptors (Lipinski definition) is 5. The van der Waals surface area contributed by atoms with Gasteiger partial charge in [0.2, 0.25) is 0 Å². The number of aliphatic hydroxyl groups is 3. The lowest BCUT2D eigenvalue weighted by molar-refractivity contribution is -0.147. The van der Waals surface area contributed by atoms with Gasteiger partial charge in [0.15, 0.2) is 0 Å². The van der Waals surface area contributed by atoms with Crippen LogP contribution in [0.15, 0.2) is 54.6 Å². The first-order valence-corrected chi connectivity index (χ1v) is 11.5. The number of esters is 1. The van der Waals surface area contributed by atoms with Gasteiger partial charge in [-0.3, -0.25) is 4.79 Å². The molecule has 0 heterocycles. The van der Waals surface area contributed by atoms with E-state index in [1.165, 1.54) is 5.56 Å². The fourth-order valence-electron chi connectivity index (χ4n) is 4.08. The van der Waals surface area contributed by atoms with Gasteiger partial charge < -0.3 is 20.1 Å². The van der Waals surface area contributed by atoms with Gasteiger partial charge in [0, 0.05) is 18.8 Å². The van der Waals surface area contributed by atoms with Crippen LogP contribution in [-0.2, 0) is 16.0 Å². The maximum absolute atomic E-state index is 11.5.